The minimum absolute atomic E-state index is 0.0752. The first kappa shape index (κ1) is 14.5. The van der Waals surface area contributed by atoms with E-state index in [0.717, 1.165) is 5.69 Å². The minimum atomic E-state index is -0.399. The molecule has 1 aromatic heterocycles. The zero-order valence-corrected chi connectivity index (χ0v) is 11.5. The Labute approximate surface area is 111 Å². The molecular weight excluding hydrogens is 252 g/mol. The first-order valence-corrected chi connectivity index (χ1v) is 6.51. The van der Waals surface area contributed by atoms with E-state index in [9.17, 15) is 9.59 Å². The molecule has 1 rings (SSSR count). The summed E-state index contributed by atoms with van der Waals surface area (Å²) in [6.07, 6.45) is 1.48. The fraction of sp³-hybridized carbons (Fsp3) is 0.417. The van der Waals surface area contributed by atoms with Crippen LogP contribution in [0.25, 0.3) is 0 Å². The van der Waals surface area contributed by atoms with Crippen LogP contribution in [0.4, 0.5) is 0 Å². The summed E-state index contributed by atoms with van der Waals surface area (Å²) in [5.74, 6) is 0.740. The Morgan fingerprint density at radius 1 is 1.39 bits per heavy atom. The van der Waals surface area contributed by atoms with E-state index in [1.165, 1.54) is 25.1 Å². The quantitative estimate of drug-likeness (QED) is 0.751. The van der Waals surface area contributed by atoms with Crippen molar-refractivity contribution in [1.82, 2.24) is 9.88 Å². The van der Waals surface area contributed by atoms with E-state index in [0.29, 0.717) is 17.1 Å². The first-order valence-electron chi connectivity index (χ1n) is 5.35. The van der Waals surface area contributed by atoms with Gasteiger partial charge >= 0.3 is 5.97 Å². The Morgan fingerprint density at radius 2 is 2.11 bits per heavy atom. The van der Waals surface area contributed by atoms with Crippen molar-refractivity contribution >= 4 is 23.6 Å². The monoisotopic (exact) mass is 268 g/mol. The van der Waals surface area contributed by atoms with Gasteiger partial charge in [0.1, 0.15) is 0 Å². The average molecular weight is 268 g/mol. The number of hydrogen-bond acceptors (Lipinski definition) is 5. The van der Waals surface area contributed by atoms with Crippen molar-refractivity contribution in [2.24, 2.45) is 0 Å². The van der Waals surface area contributed by atoms with Gasteiger partial charge in [0.25, 0.3) is 0 Å². The zero-order valence-electron chi connectivity index (χ0n) is 10.7. The van der Waals surface area contributed by atoms with Crippen LogP contribution in [-0.4, -0.2) is 48.7 Å². The molecule has 0 N–H and O–H groups in total. The second kappa shape index (κ2) is 7.00. The van der Waals surface area contributed by atoms with Gasteiger partial charge < -0.3 is 9.64 Å². The topological polar surface area (TPSA) is 59.5 Å². The molecule has 0 aliphatic rings. The number of carbonyl (C=O) groups excluding carboxylic acids is 2. The number of carbonyl (C=O) groups is 2. The maximum atomic E-state index is 11.3. The fourth-order valence-electron chi connectivity index (χ4n) is 1.12. The molecule has 0 atom stereocenters. The van der Waals surface area contributed by atoms with Crippen LogP contribution in [0.3, 0.4) is 0 Å². The third-order valence-corrected chi connectivity index (χ3v) is 3.17. The smallest absolute Gasteiger partial charge is 0.339 e. The Balaban J connectivity index is 2.45. The fourth-order valence-corrected chi connectivity index (χ4v) is 2.04. The molecule has 1 aromatic rings. The Kier molecular flexibility index (Phi) is 5.64. The summed E-state index contributed by atoms with van der Waals surface area (Å²) >= 11 is 1.49. The van der Waals surface area contributed by atoms with Crippen LogP contribution >= 0.6 is 11.8 Å². The number of methoxy groups -OCH3 is 1. The highest BCUT2D eigenvalue weighted by Gasteiger charge is 2.07. The zero-order chi connectivity index (χ0) is 13.5. The van der Waals surface area contributed by atoms with Crippen molar-refractivity contribution in [1.29, 1.82) is 0 Å². The molecule has 0 saturated carbocycles. The number of rotatable bonds is 5. The van der Waals surface area contributed by atoms with Crippen LogP contribution in [0.5, 0.6) is 0 Å². The Bertz CT molecular complexity index is 418. The van der Waals surface area contributed by atoms with E-state index in [1.54, 1.807) is 31.1 Å². The van der Waals surface area contributed by atoms with Gasteiger partial charge in [0.05, 0.1) is 24.1 Å². The van der Waals surface area contributed by atoms with E-state index >= 15 is 0 Å². The molecule has 0 radical (unpaired) electrons. The normalized spacial score (nSPS) is 9.94. The molecule has 0 spiro atoms. The van der Waals surface area contributed by atoms with Crippen LogP contribution in [0.15, 0.2) is 18.3 Å². The SMILES string of the molecule is COC(=O)c1ccc(CSCC(=O)N(C)C)nc1. The molecule has 1 heterocycles. The van der Waals surface area contributed by atoms with Crippen LogP contribution < -0.4 is 0 Å². The van der Waals surface area contributed by atoms with E-state index < -0.39 is 5.97 Å². The summed E-state index contributed by atoms with van der Waals surface area (Å²) in [6.45, 7) is 0. The molecule has 0 saturated heterocycles. The molecular formula is C12H16N2O3S. The maximum absolute atomic E-state index is 11.3. The summed E-state index contributed by atoms with van der Waals surface area (Å²) in [7, 11) is 4.79. The average Bonchev–Trinajstić information content (AvgIpc) is 2.38. The lowest BCUT2D eigenvalue weighted by Gasteiger charge is -2.09. The predicted octanol–water partition coefficient (Wildman–Crippen LogP) is 1.19. The molecule has 0 aliphatic heterocycles. The summed E-state index contributed by atoms with van der Waals surface area (Å²) in [5.41, 5.74) is 1.26. The molecule has 0 aliphatic carbocycles. The van der Waals surface area contributed by atoms with Crippen molar-refractivity contribution in [2.75, 3.05) is 27.0 Å². The van der Waals surface area contributed by atoms with Crippen molar-refractivity contribution in [3.05, 3.63) is 29.6 Å². The van der Waals surface area contributed by atoms with Gasteiger partial charge in [0.2, 0.25) is 5.91 Å². The van der Waals surface area contributed by atoms with Crippen molar-refractivity contribution in [3.8, 4) is 0 Å². The lowest BCUT2D eigenvalue weighted by molar-refractivity contribution is -0.125. The van der Waals surface area contributed by atoms with Crippen LogP contribution in [0.1, 0.15) is 16.1 Å². The predicted molar refractivity (Wildman–Crippen MR) is 70.4 cm³/mol. The number of aromatic nitrogens is 1. The largest absolute Gasteiger partial charge is 0.465 e. The summed E-state index contributed by atoms with van der Waals surface area (Å²) in [6, 6.07) is 3.43. The number of thioether (sulfide) groups is 1. The Morgan fingerprint density at radius 3 is 2.61 bits per heavy atom. The third-order valence-electron chi connectivity index (χ3n) is 2.22. The number of ether oxygens (including phenoxy) is 1. The van der Waals surface area contributed by atoms with E-state index in [4.69, 9.17) is 0 Å². The van der Waals surface area contributed by atoms with E-state index in [2.05, 4.69) is 9.72 Å². The Hall–Kier alpha value is -1.56. The van der Waals surface area contributed by atoms with Crippen molar-refractivity contribution in [3.63, 3.8) is 0 Å². The van der Waals surface area contributed by atoms with Crippen LogP contribution in [0.2, 0.25) is 0 Å². The van der Waals surface area contributed by atoms with Gasteiger partial charge in [-0.15, -0.1) is 11.8 Å². The highest BCUT2D eigenvalue weighted by molar-refractivity contribution is 7.99. The molecule has 0 fully saturated rings. The standard InChI is InChI=1S/C12H16N2O3S/c1-14(2)11(15)8-18-7-10-5-4-9(6-13-10)12(16)17-3/h4-6H,7-8H2,1-3H3. The molecule has 0 unspecified atom stereocenters. The molecule has 18 heavy (non-hydrogen) atoms. The maximum Gasteiger partial charge on any atom is 0.339 e. The van der Waals surface area contributed by atoms with Crippen LogP contribution in [-0.2, 0) is 15.3 Å². The summed E-state index contributed by atoms with van der Waals surface area (Å²) < 4.78 is 4.58. The molecule has 98 valence electrons. The number of hydrogen-bond donors (Lipinski definition) is 0. The van der Waals surface area contributed by atoms with Crippen molar-refractivity contribution < 1.29 is 14.3 Å². The summed E-state index contributed by atoms with van der Waals surface area (Å²) in [5, 5.41) is 0. The highest BCUT2D eigenvalue weighted by atomic mass is 32.2. The molecule has 0 bridgehead atoms. The molecule has 0 aromatic carbocycles. The number of amides is 1. The molecule has 5 nitrogen and oxygen atoms in total. The van der Waals surface area contributed by atoms with Gasteiger partial charge in [-0.25, -0.2) is 4.79 Å². The summed E-state index contributed by atoms with van der Waals surface area (Å²) in [4.78, 5) is 28.2. The number of esters is 1. The second-order valence-electron chi connectivity index (χ2n) is 3.81. The van der Waals surface area contributed by atoms with Crippen molar-refractivity contribution in [2.45, 2.75) is 5.75 Å². The lowest BCUT2D eigenvalue weighted by atomic mass is 10.2. The number of pyridine rings is 1. The highest BCUT2D eigenvalue weighted by Crippen LogP contribution is 2.11. The van der Waals surface area contributed by atoms with Gasteiger partial charge in [-0.05, 0) is 12.1 Å². The van der Waals surface area contributed by atoms with E-state index in [-0.39, 0.29) is 5.91 Å². The van der Waals surface area contributed by atoms with Crippen LogP contribution in [0, 0.1) is 0 Å². The minimum Gasteiger partial charge on any atom is -0.465 e. The van der Waals surface area contributed by atoms with Gasteiger partial charge in [0, 0.05) is 26.0 Å². The number of nitrogens with zero attached hydrogens (tertiary/aromatic N) is 2. The van der Waals surface area contributed by atoms with Gasteiger partial charge in [-0.3, -0.25) is 9.78 Å². The van der Waals surface area contributed by atoms with Gasteiger partial charge in [-0.2, -0.15) is 0 Å². The van der Waals surface area contributed by atoms with E-state index in [1.807, 2.05) is 0 Å². The molecule has 1 amide bonds. The second-order valence-corrected chi connectivity index (χ2v) is 4.80. The van der Waals surface area contributed by atoms with Gasteiger partial charge in [-0.1, -0.05) is 0 Å². The molecule has 6 heteroatoms. The first-order chi connectivity index (χ1) is 8.54. The lowest BCUT2D eigenvalue weighted by Crippen LogP contribution is -2.23. The van der Waals surface area contributed by atoms with Gasteiger partial charge in [0.15, 0.2) is 0 Å². The third kappa shape index (κ3) is 4.37.